The van der Waals surface area contributed by atoms with Crippen molar-refractivity contribution in [1.82, 2.24) is 9.55 Å². The van der Waals surface area contributed by atoms with Crippen LogP contribution >= 0.6 is 23.2 Å². The highest BCUT2D eigenvalue weighted by molar-refractivity contribution is 7.84. The molecule has 2 unspecified atom stereocenters. The maximum absolute atomic E-state index is 15.6. The highest BCUT2D eigenvalue weighted by Gasteiger charge is 2.22. The minimum absolute atomic E-state index is 0.0700. The molecule has 0 bridgehead atoms. The Bertz CT molecular complexity index is 1550. The van der Waals surface area contributed by atoms with E-state index in [1.165, 1.54) is 42.9 Å². The lowest BCUT2D eigenvalue weighted by molar-refractivity contribution is 0.592. The molecule has 0 radical (unpaired) electrons. The van der Waals surface area contributed by atoms with Crippen LogP contribution in [0.3, 0.4) is 0 Å². The summed E-state index contributed by atoms with van der Waals surface area (Å²) in [5.41, 5.74) is 0.0812. The molecule has 3 aromatic rings. The fraction of sp³-hybridized carbons (Fsp3) is 0.222. The van der Waals surface area contributed by atoms with Gasteiger partial charge in [-0.3, -0.25) is 23.5 Å². The Kier molecular flexibility index (Phi) is 9.87. The summed E-state index contributed by atoms with van der Waals surface area (Å²) in [6, 6.07) is 5.51. The van der Waals surface area contributed by atoms with Gasteiger partial charge in [-0.25, -0.2) is 13.2 Å². The lowest BCUT2D eigenvalue weighted by Crippen LogP contribution is -2.22. The van der Waals surface area contributed by atoms with Crippen molar-refractivity contribution in [3.05, 3.63) is 109 Å². The summed E-state index contributed by atoms with van der Waals surface area (Å²) in [5.74, 6) is -2.77. The van der Waals surface area contributed by atoms with Gasteiger partial charge < -0.3 is 0 Å². The second-order valence-electron chi connectivity index (χ2n) is 8.48. The Hall–Kier alpha value is -3.01. The van der Waals surface area contributed by atoms with Crippen LogP contribution in [0.1, 0.15) is 42.1 Å². The van der Waals surface area contributed by atoms with Crippen LogP contribution < -0.4 is 5.56 Å². The fourth-order valence-electron chi connectivity index (χ4n) is 3.86. The number of allylic oxidation sites excluding steroid dienone is 2. The minimum Gasteiger partial charge on any atom is -0.284 e. The zero-order valence-electron chi connectivity index (χ0n) is 20.9. The molecule has 2 aromatic heterocycles. The van der Waals surface area contributed by atoms with Gasteiger partial charge >= 0.3 is 0 Å². The summed E-state index contributed by atoms with van der Waals surface area (Å²) in [6.07, 6.45) is 7.89. The van der Waals surface area contributed by atoms with Gasteiger partial charge in [0, 0.05) is 29.9 Å². The molecule has 5 nitrogen and oxygen atoms in total. The van der Waals surface area contributed by atoms with E-state index >= 15 is 8.78 Å². The van der Waals surface area contributed by atoms with Crippen molar-refractivity contribution in [2.45, 2.75) is 38.0 Å². The van der Waals surface area contributed by atoms with Crippen LogP contribution in [-0.2, 0) is 17.2 Å². The van der Waals surface area contributed by atoms with Crippen molar-refractivity contribution >= 4 is 45.9 Å². The molecule has 2 heterocycles. The molecule has 11 heteroatoms. The molecule has 0 amide bonds. The zero-order valence-corrected chi connectivity index (χ0v) is 23.3. The zero-order chi connectivity index (χ0) is 28.1. The second-order valence-corrected chi connectivity index (χ2v) is 10.6. The number of aryl methyl sites for hydroxylation is 1. The first-order valence-corrected chi connectivity index (χ1v) is 13.7. The van der Waals surface area contributed by atoms with Crippen molar-refractivity contribution in [2.24, 2.45) is 4.99 Å². The van der Waals surface area contributed by atoms with Crippen molar-refractivity contribution < 1.29 is 17.4 Å². The van der Waals surface area contributed by atoms with Crippen molar-refractivity contribution in [3.63, 3.8) is 0 Å². The van der Waals surface area contributed by atoms with E-state index in [9.17, 15) is 13.4 Å². The summed E-state index contributed by atoms with van der Waals surface area (Å²) in [6.45, 7) is 5.05. The van der Waals surface area contributed by atoms with Crippen LogP contribution in [0.5, 0.6) is 0 Å². The van der Waals surface area contributed by atoms with E-state index in [1.807, 2.05) is 6.92 Å². The smallest absolute Gasteiger partial charge is 0.273 e. The summed E-state index contributed by atoms with van der Waals surface area (Å²) < 4.78 is 57.4. The number of hydrogen-bond donors (Lipinski definition) is 0. The molecular formula is C27H24Cl2F3N3O2S. The molecule has 0 spiro atoms. The Balaban J connectivity index is 2.08. The molecular weight excluding hydrogens is 558 g/mol. The third-order valence-corrected chi connectivity index (χ3v) is 7.43. The third kappa shape index (κ3) is 6.51. The summed E-state index contributed by atoms with van der Waals surface area (Å²) in [7, 11) is -1.79. The van der Waals surface area contributed by atoms with Gasteiger partial charge in [0.1, 0.15) is 22.4 Å². The first-order chi connectivity index (χ1) is 18.0. The largest absolute Gasteiger partial charge is 0.284 e. The van der Waals surface area contributed by atoms with Gasteiger partial charge in [-0.15, -0.1) is 0 Å². The second kappa shape index (κ2) is 12.7. The quantitative estimate of drug-likeness (QED) is 0.269. The van der Waals surface area contributed by atoms with Gasteiger partial charge in [0.2, 0.25) is 0 Å². The summed E-state index contributed by atoms with van der Waals surface area (Å²) >= 11 is 12.4. The Morgan fingerprint density at radius 2 is 1.95 bits per heavy atom. The van der Waals surface area contributed by atoms with Gasteiger partial charge in [0.05, 0.1) is 33.1 Å². The predicted molar refractivity (Wildman–Crippen MR) is 147 cm³/mol. The van der Waals surface area contributed by atoms with E-state index < -0.39 is 39.5 Å². The Morgan fingerprint density at radius 3 is 2.58 bits per heavy atom. The molecule has 0 saturated carbocycles. The SMILES string of the molecule is C/C=C/N=C(/C(F)=C/n1c(C)cc(C(C)Cc2cncc(F)c2)c(Cl)c1=O)c1ccc(Cl)c(S(C)=O)c1F. The van der Waals surface area contributed by atoms with Gasteiger partial charge in [0.15, 0.2) is 5.83 Å². The van der Waals surface area contributed by atoms with Crippen LogP contribution in [0.25, 0.3) is 6.20 Å². The van der Waals surface area contributed by atoms with E-state index in [-0.39, 0.29) is 26.4 Å². The van der Waals surface area contributed by atoms with Crippen LogP contribution in [-0.4, -0.2) is 25.7 Å². The van der Waals surface area contributed by atoms with E-state index in [1.54, 1.807) is 19.9 Å². The van der Waals surface area contributed by atoms with E-state index in [0.717, 1.165) is 17.0 Å². The third-order valence-electron chi connectivity index (χ3n) is 5.65. The number of benzene rings is 1. The van der Waals surface area contributed by atoms with Crippen LogP contribution in [0, 0.1) is 18.6 Å². The van der Waals surface area contributed by atoms with Crippen LogP contribution in [0.2, 0.25) is 10.0 Å². The number of rotatable bonds is 8. The molecule has 38 heavy (non-hydrogen) atoms. The molecule has 0 fully saturated rings. The first-order valence-electron chi connectivity index (χ1n) is 11.4. The van der Waals surface area contributed by atoms with Gasteiger partial charge in [0.25, 0.3) is 5.56 Å². The molecule has 200 valence electrons. The molecule has 0 aliphatic rings. The predicted octanol–water partition coefficient (Wildman–Crippen LogP) is 7.01. The number of aromatic nitrogens is 2. The lowest BCUT2D eigenvalue weighted by atomic mass is 9.94. The molecule has 0 aliphatic heterocycles. The standard InChI is InChI=1S/C27H24Cl2F3N3O2S/c1-5-8-34-25(19-6-7-21(28)26(24(19)32)38(4)37)22(31)14-35-16(3)10-20(23(29)27(35)36)15(2)9-17-11-18(30)13-33-12-17/h5-8,10-15H,9H2,1-4H3/b8-5+,22-14-,34-25+. The maximum Gasteiger partial charge on any atom is 0.273 e. The minimum atomic E-state index is -1.79. The Morgan fingerprint density at radius 1 is 1.24 bits per heavy atom. The number of pyridine rings is 2. The highest BCUT2D eigenvalue weighted by Crippen LogP contribution is 2.29. The normalized spacial score (nSPS) is 14.2. The fourth-order valence-corrected chi connectivity index (χ4v) is 5.37. The number of aliphatic imine (C=N–C) groups is 1. The summed E-state index contributed by atoms with van der Waals surface area (Å²) in [4.78, 5) is 20.7. The van der Waals surface area contributed by atoms with Gasteiger partial charge in [-0.05, 0) is 61.6 Å². The van der Waals surface area contributed by atoms with E-state index in [2.05, 4.69) is 9.98 Å². The monoisotopic (exact) mass is 581 g/mol. The average molecular weight is 582 g/mol. The van der Waals surface area contributed by atoms with Gasteiger partial charge in [-0.1, -0.05) is 36.2 Å². The first kappa shape index (κ1) is 29.5. The number of halogens is 5. The topological polar surface area (TPSA) is 64.3 Å². The van der Waals surface area contributed by atoms with Gasteiger partial charge in [-0.2, -0.15) is 0 Å². The van der Waals surface area contributed by atoms with Crippen LogP contribution in [0.4, 0.5) is 13.2 Å². The number of hydrogen-bond acceptors (Lipinski definition) is 4. The molecule has 0 N–H and O–H groups in total. The Labute approximate surface area is 230 Å². The molecule has 3 rings (SSSR count). The van der Waals surface area contributed by atoms with E-state index in [4.69, 9.17) is 23.2 Å². The van der Waals surface area contributed by atoms with Crippen LogP contribution in [0.15, 0.2) is 69.4 Å². The van der Waals surface area contributed by atoms with Crippen molar-refractivity contribution in [1.29, 1.82) is 0 Å². The molecule has 1 aromatic carbocycles. The lowest BCUT2D eigenvalue weighted by Gasteiger charge is -2.17. The molecule has 0 aliphatic carbocycles. The summed E-state index contributed by atoms with van der Waals surface area (Å²) in [5, 5.41) is -0.204. The van der Waals surface area contributed by atoms with Crippen molar-refractivity contribution in [3.8, 4) is 0 Å². The average Bonchev–Trinajstić information content (AvgIpc) is 2.85. The highest BCUT2D eigenvalue weighted by atomic mass is 35.5. The molecule has 2 atom stereocenters. The maximum atomic E-state index is 15.6. The van der Waals surface area contributed by atoms with Crippen molar-refractivity contribution in [2.75, 3.05) is 6.26 Å². The number of nitrogens with zero attached hydrogens (tertiary/aromatic N) is 3. The van der Waals surface area contributed by atoms with E-state index in [0.29, 0.717) is 23.2 Å². The molecule has 0 saturated heterocycles.